The summed E-state index contributed by atoms with van der Waals surface area (Å²) in [6, 6.07) is 0. The predicted octanol–water partition coefficient (Wildman–Crippen LogP) is 1.73. The largest absolute Gasteiger partial charge is 0.481 e. The fourth-order valence-corrected chi connectivity index (χ4v) is 2.92. The molecule has 6 nitrogen and oxygen atoms in total. The van der Waals surface area contributed by atoms with Gasteiger partial charge in [-0.25, -0.2) is 4.79 Å². The zero-order valence-electron chi connectivity index (χ0n) is 12.3. The average Bonchev–Trinajstić information content (AvgIpc) is 2.71. The van der Waals surface area contributed by atoms with E-state index in [9.17, 15) is 9.59 Å². The van der Waals surface area contributed by atoms with E-state index < -0.39 is 17.5 Å². The van der Waals surface area contributed by atoms with Crippen molar-refractivity contribution in [2.45, 2.75) is 39.2 Å². The highest BCUT2D eigenvalue weighted by Crippen LogP contribution is 2.40. The number of carboxylic acids is 1. The van der Waals surface area contributed by atoms with Crippen molar-refractivity contribution in [2.24, 2.45) is 11.3 Å². The van der Waals surface area contributed by atoms with E-state index in [4.69, 9.17) is 14.6 Å². The molecule has 0 aliphatic carbocycles. The van der Waals surface area contributed by atoms with Gasteiger partial charge in [-0.1, -0.05) is 0 Å². The zero-order valence-corrected chi connectivity index (χ0v) is 12.3. The van der Waals surface area contributed by atoms with Crippen LogP contribution in [0.4, 0.5) is 4.79 Å². The summed E-state index contributed by atoms with van der Waals surface area (Å²) < 4.78 is 10.8. The van der Waals surface area contributed by atoms with Gasteiger partial charge in [-0.05, 0) is 33.6 Å². The maximum atomic E-state index is 12.0. The molecule has 2 unspecified atom stereocenters. The molecule has 2 saturated heterocycles. The maximum Gasteiger partial charge on any atom is 0.410 e. The number of ether oxygens (including phenoxy) is 2. The minimum atomic E-state index is -0.820. The van der Waals surface area contributed by atoms with Crippen LogP contribution in [0.1, 0.15) is 33.6 Å². The van der Waals surface area contributed by atoms with Crippen LogP contribution in [0.3, 0.4) is 0 Å². The number of carbonyl (C=O) groups excluding carboxylic acids is 1. The molecule has 1 N–H and O–H groups in total. The molecule has 0 aromatic rings. The van der Waals surface area contributed by atoms with E-state index in [0.29, 0.717) is 26.1 Å². The molecule has 2 fully saturated rings. The molecular formula is C14H23NO5. The number of carboxylic acid groups (broad SMARTS) is 1. The first-order chi connectivity index (χ1) is 9.21. The summed E-state index contributed by atoms with van der Waals surface area (Å²) in [6.45, 7) is 7.42. The molecule has 2 atom stereocenters. The number of aliphatic carboxylic acids is 1. The summed E-state index contributed by atoms with van der Waals surface area (Å²) in [6.07, 6.45) is 1.02. The first kappa shape index (κ1) is 15.1. The smallest absolute Gasteiger partial charge is 0.410 e. The summed E-state index contributed by atoms with van der Waals surface area (Å²) in [4.78, 5) is 24.8. The standard InChI is InChI=1S/C14H23NO5/c1-13(2,3)20-12(18)15-5-4-14(8-15)6-10(11(16)17)7-19-9-14/h10H,4-9H2,1-3H3,(H,16,17). The molecule has 2 aliphatic heterocycles. The second-order valence-corrected chi connectivity index (χ2v) is 6.91. The van der Waals surface area contributed by atoms with Gasteiger partial charge in [0.05, 0.1) is 19.1 Å². The van der Waals surface area contributed by atoms with Gasteiger partial charge < -0.3 is 19.5 Å². The van der Waals surface area contributed by atoms with E-state index in [1.54, 1.807) is 4.90 Å². The summed E-state index contributed by atoms with van der Waals surface area (Å²) in [7, 11) is 0. The van der Waals surface area contributed by atoms with Gasteiger partial charge in [0.1, 0.15) is 5.60 Å². The fourth-order valence-electron chi connectivity index (χ4n) is 2.92. The molecule has 114 valence electrons. The molecule has 1 spiro atoms. The average molecular weight is 285 g/mol. The molecule has 1 amide bonds. The van der Waals surface area contributed by atoms with Gasteiger partial charge in [0.15, 0.2) is 0 Å². The first-order valence-corrected chi connectivity index (χ1v) is 6.99. The number of nitrogens with zero attached hydrogens (tertiary/aromatic N) is 1. The minimum absolute atomic E-state index is 0.224. The van der Waals surface area contributed by atoms with Gasteiger partial charge in [-0.3, -0.25) is 4.79 Å². The Hall–Kier alpha value is -1.30. The molecule has 0 aromatic heterocycles. The van der Waals surface area contributed by atoms with E-state index >= 15 is 0 Å². The van der Waals surface area contributed by atoms with E-state index in [-0.39, 0.29) is 18.1 Å². The highest BCUT2D eigenvalue weighted by Gasteiger charge is 2.46. The predicted molar refractivity (Wildman–Crippen MR) is 71.4 cm³/mol. The van der Waals surface area contributed by atoms with Gasteiger partial charge in [-0.2, -0.15) is 0 Å². The normalized spacial score (nSPS) is 30.6. The van der Waals surface area contributed by atoms with Crippen LogP contribution in [0.25, 0.3) is 0 Å². The van der Waals surface area contributed by atoms with Crippen LogP contribution < -0.4 is 0 Å². The van der Waals surface area contributed by atoms with E-state index in [2.05, 4.69) is 0 Å². The SMILES string of the molecule is CC(C)(C)OC(=O)N1CCC2(COCC(C(=O)O)C2)C1. The highest BCUT2D eigenvalue weighted by molar-refractivity contribution is 5.71. The number of hydrogen-bond acceptors (Lipinski definition) is 4. The van der Waals surface area contributed by atoms with Crippen LogP contribution in [0.5, 0.6) is 0 Å². The topological polar surface area (TPSA) is 76.1 Å². The first-order valence-electron chi connectivity index (χ1n) is 6.99. The van der Waals surface area contributed by atoms with E-state index in [1.165, 1.54) is 0 Å². The van der Waals surface area contributed by atoms with Crippen molar-refractivity contribution in [3.63, 3.8) is 0 Å². The van der Waals surface area contributed by atoms with Gasteiger partial charge in [0, 0.05) is 18.5 Å². The molecular weight excluding hydrogens is 262 g/mol. The summed E-state index contributed by atoms with van der Waals surface area (Å²) >= 11 is 0. The Morgan fingerprint density at radius 1 is 1.40 bits per heavy atom. The van der Waals surface area contributed by atoms with Gasteiger partial charge in [0.25, 0.3) is 0 Å². The second-order valence-electron chi connectivity index (χ2n) is 6.91. The molecule has 2 aliphatic rings. The van der Waals surface area contributed by atoms with Gasteiger partial charge >= 0.3 is 12.1 Å². The number of amides is 1. The van der Waals surface area contributed by atoms with Crippen molar-refractivity contribution in [1.29, 1.82) is 0 Å². The van der Waals surface area contributed by atoms with Crippen molar-refractivity contribution in [3.8, 4) is 0 Å². The lowest BCUT2D eigenvalue weighted by atomic mass is 9.77. The summed E-state index contributed by atoms with van der Waals surface area (Å²) in [5.41, 5.74) is -0.738. The van der Waals surface area contributed by atoms with Gasteiger partial charge in [-0.15, -0.1) is 0 Å². The number of carbonyl (C=O) groups is 2. The van der Waals surface area contributed by atoms with Crippen LogP contribution >= 0.6 is 0 Å². The Balaban J connectivity index is 1.97. The molecule has 0 radical (unpaired) electrons. The van der Waals surface area contributed by atoms with Crippen molar-refractivity contribution in [3.05, 3.63) is 0 Å². The Bertz CT molecular complexity index is 403. The minimum Gasteiger partial charge on any atom is -0.481 e. The lowest BCUT2D eigenvalue weighted by Crippen LogP contribution is -2.43. The molecule has 0 saturated carbocycles. The van der Waals surface area contributed by atoms with Crippen molar-refractivity contribution < 1.29 is 24.2 Å². The van der Waals surface area contributed by atoms with Crippen molar-refractivity contribution in [1.82, 2.24) is 4.90 Å². The molecule has 0 aromatic carbocycles. The summed E-state index contributed by atoms with van der Waals surface area (Å²) in [5, 5.41) is 9.12. The second kappa shape index (κ2) is 5.24. The van der Waals surface area contributed by atoms with Gasteiger partial charge in [0.2, 0.25) is 0 Å². The van der Waals surface area contributed by atoms with Crippen LogP contribution in [0.15, 0.2) is 0 Å². The molecule has 2 heterocycles. The molecule has 2 rings (SSSR count). The van der Waals surface area contributed by atoms with Crippen LogP contribution in [-0.2, 0) is 14.3 Å². The lowest BCUT2D eigenvalue weighted by Gasteiger charge is -2.36. The Morgan fingerprint density at radius 2 is 2.10 bits per heavy atom. The van der Waals surface area contributed by atoms with Crippen molar-refractivity contribution >= 4 is 12.1 Å². The molecule has 0 bridgehead atoms. The zero-order chi connectivity index (χ0) is 15.0. The Labute approximate surface area is 119 Å². The third-order valence-electron chi connectivity index (χ3n) is 3.85. The van der Waals surface area contributed by atoms with Crippen molar-refractivity contribution in [2.75, 3.05) is 26.3 Å². The Kier molecular flexibility index (Phi) is 3.95. The van der Waals surface area contributed by atoms with Crippen LogP contribution in [-0.4, -0.2) is 54.0 Å². The van der Waals surface area contributed by atoms with E-state index in [0.717, 1.165) is 6.42 Å². The quantitative estimate of drug-likeness (QED) is 0.794. The lowest BCUT2D eigenvalue weighted by molar-refractivity contribution is -0.150. The number of rotatable bonds is 1. The monoisotopic (exact) mass is 285 g/mol. The molecule has 20 heavy (non-hydrogen) atoms. The van der Waals surface area contributed by atoms with Crippen LogP contribution in [0, 0.1) is 11.3 Å². The number of likely N-dealkylation sites (tertiary alicyclic amines) is 1. The number of hydrogen-bond donors (Lipinski definition) is 1. The summed E-state index contributed by atoms with van der Waals surface area (Å²) in [5.74, 6) is -1.29. The van der Waals surface area contributed by atoms with Crippen LogP contribution in [0.2, 0.25) is 0 Å². The molecule has 6 heteroatoms. The third kappa shape index (κ3) is 3.42. The Morgan fingerprint density at radius 3 is 2.70 bits per heavy atom. The third-order valence-corrected chi connectivity index (χ3v) is 3.85. The fraction of sp³-hybridized carbons (Fsp3) is 0.857. The maximum absolute atomic E-state index is 12.0. The van der Waals surface area contributed by atoms with E-state index in [1.807, 2.05) is 20.8 Å². The highest BCUT2D eigenvalue weighted by atomic mass is 16.6.